The Morgan fingerprint density at radius 3 is 2.06 bits per heavy atom. The maximum absolute atomic E-state index is 12.5. The molecule has 0 saturated heterocycles. The number of hydrogen-bond acceptors (Lipinski definition) is 1. The van der Waals surface area contributed by atoms with E-state index >= 15 is 0 Å². The zero-order valence-corrected chi connectivity index (χ0v) is 12.7. The molecule has 1 aromatic rings. The van der Waals surface area contributed by atoms with Crippen LogP contribution in [0.15, 0.2) is 6.07 Å². The SMILES string of the molecule is Cc1cc(C)c(C)c(C([O-])=PC2CCCC2)c1C. The predicted octanol–water partition coefficient (Wildman–Crippen LogP) is 3.65. The molecule has 1 aromatic carbocycles. The summed E-state index contributed by atoms with van der Waals surface area (Å²) in [5.41, 5.74) is 6.76. The lowest BCUT2D eigenvalue weighted by Gasteiger charge is -2.22. The van der Waals surface area contributed by atoms with Crippen molar-refractivity contribution in [2.75, 3.05) is 0 Å². The highest BCUT2D eigenvalue weighted by molar-refractivity contribution is 7.41. The van der Waals surface area contributed by atoms with Gasteiger partial charge in [-0.2, -0.15) is 0 Å². The summed E-state index contributed by atoms with van der Waals surface area (Å²) in [5.74, 6) is 0. The molecule has 0 atom stereocenters. The molecule has 1 aliphatic rings. The van der Waals surface area contributed by atoms with Crippen molar-refractivity contribution in [1.82, 2.24) is 0 Å². The van der Waals surface area contributed by atoms with E-state index in [9.17, 15) is 5.11 Å². The fourth-order valence-corrected chi connectivity index (χ4v) is 4.22. The van der Waals surface area contributed by atoms with Crippen LogP contribution in [0.5, 0.6) is 0 Å². The Morgan fingerprint density at radius 1 is 1.06 bits per heavy atom. The van der Waals surface area contributed by atoms with Crippen molar-refractivity contribution in [3.8, 4) is 0 Å². The third-order valence-corrected chi connectivity index (χ3v) is 5.54. The van der Waals surface area contributed by atoms with E-state index in [1.165, 1.54) is 47.9 Å². The summed E-state index contributed by atoms with van der Waals surface area (Å²) >= 11 is 0. The molecule has 1 saturated carbocycles. The van der Waals surface area contributed by atoms with Gasteiger partial charge in [0.2, 0.25) is 0 Å². The molecule has 0 aromatic heterocycles. The molecule has 1 aliphatic carbocycles. The molecule has 1 fully saturated rings. The van der Waals surface area contributed by atoms with Gasteiger partial charge in [0.05, 0.1) is 0 Å². The molecule has 2 rings (SSSR count). The summed E-state index contributed by atoms with van der Waals surface area (Å²) in [6, 6.07) is 2.19. The van der Waals surface area contributed by atoms with Gasteiger partial charge in [-0.1, -0.05) is 18.9 Å². The smallest absolute Gasteiger partial charge is 0.0000723 e. The highest BCUT2D eigenvalue weighted by atomic mass is 31.1. The summed E-state index contributed by atoms with van der Waals surface area (Å²) in [4.78, 5) is 0. The Balaban J connectivity index is 2.43. The molecule has 0 spiro atoms. The molecule has 98 valence electrons. The van der Waals surface area contributed by atoms with Crippen LogP contribution in [-0.2, 0) is 0 Å². The van der Waals surface area contributed by atoms with Crippen molar-refractivity contribution in [3.63, 3.8) is 0 Å². The monoisotopic (exact) mass is 261 g/mol. The summed E-state index contributed by atoms with van der Waals surface area (Å²) in [7, 11) is 1.03. The lowest BCUT2D eigenvalue weighted by atomic mass is 9.95. The molecule has 0 N–H and O–H groups in total. The summed E-state index contributed by atoms with van der Waals surface area (Å²) in [6.07, 6.45) is 5.07. The predicted molar refractivity (Wildman–Crippen MR) is 78.7 cm³/mol. The van der Waals surface area contributed by atoms with Crippen LogP contribution in [0.25, 0.3) is 0 Å². The summed E-state index contributed by atoms with van der Waals surface area (Å²) in [6.45, 7) is 8.37. The molecule has 0 unspecified atom stereocenters. The van der Waals surface area contributed by atoms with Crippen LogP contribution in [0.1, 0.15) is 53.5 Å². The number of hydrogen-bond donors (Lipinski definition) is 0. The van der Waals surface area contributed by atoms with Gasteiger partial charge in [-0.3, -0.25) is 0 Å². The van der Waals surface area contributed by atoms with Gasteiger partial charge in [0.15, 0.2) is 0 Å². The Bertz CT molecular complexity index is 456. The van der Waals surface area contributed by atoms with Crippen molar-refractivity contribution in [2.24, 2.45) is 0 Å². The zero-order valence-electron chi connectivity index (χ0n) is 11.8. The molecule has 0 bridgehead atoms. The van der Waals surface area contributed by atoms with E-state index in [2.05, 4.69) is 33.8 Å². The van der Waals surface area contributed by atoms with Crippen LogP contribution < -0.4 is 5.11 Å². The maximum Gasteiger partial charge on any atom is -0.0000723 e. The molecular formula is C16H22OP-. The Hall–Kier alpha value is -0.650. The van der Waals surface area contributed by atoms with E-state index in [1.54, 1.807) is 0 Å². The third kappa shape index (κ3) is 2.68. The Morgan fingerprint density at radius 2 is 1.56 bits per heavy atom. The van der Waals surface area contributed by atoms with Gasteiger partial charge < -0.3 is 5.11 Å². The van der Waals surface area contributed by atoms with Crippen LogP contribution in [0.4, 0.5) is 0 Å². The minimum Gasteiger partial charge on any atom is -0.824 e. The van der Waals surface area contributed by atoms with Gasteiger partial charge in [0.1, 0.15) is 0 Å². The average molecular weight is 261 g/mol. The number of rotatable bonds is 2. The standard InChI is InChI=1S/C16H23OP/c1-10-9-11(2)13(4)15(12(10)3)16(17)18-14-7-5-6-8-14/h9,14,17H,5-8H2,1-4H3/p-1. The van der Waals surface area contributed by atoms with E-state index in [0.29, 0.717) is 11.1 Å². The van der Waals surface area contributed by atoms with Crippen molar-refractivity contribution in [1.29, 1.82) is 0 Å². The molecule has 18 heavy (non-hydrogen) atoms. The van der Waals surface area contributed by atoms with E-state index in [-0.39, 0.29) is 0 Å². The lowest BCUT2D eigenvalue weighted by Crippen LogP contribution is -2.21. The fourth-order valence-electron chi connectivity index (χ4n) is 2.80. The van der Waals surface area contributed by atoms with Crippen LogP contribution >= 0.6 is 8.20 Å². The maximum atomic E-state index is 12.5. The minimum atomic E-state index is 0.337. The first kappa shape index (κ1) is 13.8. The molecule has 1 nitrogen and oxygen atoms in total. The van der Waals surface area contributed by atoms with Gasteiger partial charge in [0.25, 0.3) is 0 Å². The van der Waals surface area contributed by atoms with Gasteiger partial charge in [-0.05, 0) is 74.0 Å². The molecular weight excluding hydrogens is 239 g/mol. The van der Waals surface area contributed by atoms with Crippen LogP contribution in [0, 0.1) is 27.7 Å². The van der Waals surface area contributed by atoms with Gasteiger partial charge in [-0.25, -0.2) is 0 Å². The first-order valence-electron chi connectivity index (χ1n) is 6.83. The number of benzene rings is 1. The summed E-state index contributed by atoms with van der Waals surface area (Å²) in [5, 5.41) is 12.5. The molecule has 0 radical (unpaired) electrons. The second-order valence-electron chi connectivity index (χ2n) is 5.51. The average Bonchev–Trinajstić information content (AvgIpc) is 2.79. The van der Waals surface area contributed by atoms with Gasteiger partial charge in [0, 0.05) is 0 Å². The van der Waals surface area contributed by atoms with Crippen molar-refractivity contribution in [2.45, 2.75) is 59.0 Å². The lowest BCUT2D eigenvalue weighted by molar-refractivity contribution is -0.207. The first-order valence-corrected chi connectivity index (χ1v) is 7.79. The van der Waals surface area contributed by atoms with E-state index in [0.717, 1.165) is 13.8 Å². The molecule has 2 heteroatoms. The van der Waals surface area contributed by atoms with Crippen LogP contribution in [-0.4, -0.2) is 11.1 Å². The topological polar surface area (TPSA) is 23.1 Å². The highest BCUT2D eigenvalue weighted by Gasteiger charge is 2.14. The van der Waals surface area contributed by atoms with Gasteiger partial charge >= 0.3 is 0 Å². The number of aryl methyl sites for hydroxylation is 2. The first-order chi connectivity index (χ1) is 8.50. The van der Waals surface area contributed by atoms with Crippen LogP contribution in [0.3, 0.4) is 0 Å². The van der Waals surface area contributed by atoms with E-state index in [1.807, 2.05) is 0 Å². The quantitative estimate of drug-likeness (QED) is 0.745. The highest BCUT2D eigenvalue weighted by Crippen LogP contribution is 2.31. The van der Waals surface area contributed by atoms with Crippen molar-refractivity contribution < 1.29 is 5.11 Å². The largest absolute Gasteiger partial charge is 0.824 e. The van der Waals surface area contributed by atoms with Gasteiger partial charge in [-0.15, -0.1) is 13.7 Å². The van der Waals surface area contributed by atoms with Crippen molar-refractivity contribution >= 4 is 13.7 Å². The fraction of sp³-hybridized carbons (Fsp3) is 0.562. The second-order valence-corrected chi connectivity index (χ2v) is 6.90. The third-order valence-electron chi connectivity index (χ3n) is 4.20. The van der Waals surface area contributed by atoms with E-state index < -0.39 is 0 Å². The summed E-state index contributed by atoms with van der Waals surface area (Å²) < 4.78 is 0. The Kier molecular flexibility index (Phi) is 4.25. The molecule has 0 aliphatic heterocycles. The second kappa shape index (κ2) is 5.55. The van der Waals surface area contributed by atoms with Crippen LogP contribution in [0.2, 0.25) is 0 Å². The zero-order chi connectivity index (χ0) is 13.3. The minimum absolute atomic E-state index is 0.337. The van der Waals surface area contributed by atoms with E-state index in [4.69, 9.17) is 0 Å². The molecule has 0 heterocycles. The van der Waals surface area contributed by atoms with Crippen molar-refractivity contribution in [3.05, 3.63) is 33.9 Å². The Labute approximate surface area is 112 Å². The normalized spacial score (nSPS) is 17.5. The molecule has 0 amide bonds.